The van der Waals surface area contributed by atoms with Gasteiger partial charge >= 0.3 is 0 Å². The van der Waals surface area contributed by atoms with Crippen LogP contribution in [0.1, 0.15) is 11.9 Å². The molecule has 1 saturated heterocycles. The summed E-state index contributed by atoms with van der Waals surface area (Å²) < 4.78 is 5.09. The predicted octanol–water partition coefficient (Wildman–Crippen LogP) is 1.66. The fourth-order valence-corrected chi connectivity index (χ4v) is 0.993. The van der Waals surface area contributed by atoms with Crippen LogP contribution in [-0.4, -0.2) is 7.11 Å². The molecule has 0 radical (unpaired) electrons. The van der Waals surface area contributed by atoms with Crippen molar-refractivity contribution in [3.63, 3.8) is 0 Å². The number of para-hydroxylation sites is 1. The second-order valence-electron chi connectivity index (χ2n) is 2.27. The number of hydrogen-bond donors (Lipinski definition) is 0. The number of rotatable bonds is 2. The van der Waals surface area contributed by atoms with Gasteiger partial charge in [-0.05, 0) is 12.1 Å². The molecule has 1 aromatic carbocycles. The van der Waals surface area contributed by atoms with Gasteiger partial charge in [0, 0.05) is 0 Å². The zero-order valence-electron chi connectivity index (χ0n) is 6.11. The van der Waals surface area contributed by atoms with Crippen LogP contribution in [0.15, 0.2) is 24.3 Å². The minimum atomic E-state index is -0.217. The molecule has 0 aliphatic carbocycles. The zero-order valence-corrected chi connectivity index (χ0v) is 6.11. The van der Waals surface area contributed by atoms with Crippen molar-refractivity contribution >= 4 is 0 Å². The first-order valence-electron chi connectivity index (χ1n) is 3.37. The monoisotopic (exact) mass is 152 g/mol. The number of ether oxygens (including phenoxy) is 1. The van der Waals surface area contributed by atoms with Crippen LogP contribution in [-0.2, 0) is 9.78 Å². The fourth-order valence-electron chi connectivity index (χ4n) is 0.993. The summed E-state index contributed by atoms with van der Waals surface area (Å²) in [5, 5.41) is 0. The molecule has 0 bridgehead atoms. The molecule has 0 spiro atoms. The molecule has 0 aromatic heterocycles. The molecule has 0 unspecified atom stereocenters. The van der Waals surface area contributed by atoms with E-state index < -0.39 is 0 Å². The molecule has 1 aliphatic rings. The summed E-state index contributed by atoms with van der Waals surface area (Å²) in [4.78, 5) is 9.31. The van der Waals surface area contributed by atoms with Gasteiger partial charge in [0.05, 0.1) is 12.7 Å². The predicted molar refractivity (Wildman–Crippen MR) is 37.9 cm³/mol. The number of hydrogen-bond acceptors (Lipinski definition) is 3. The lowest BCUT2D eigenvalue weighted by molar-refractivity contribution is 0.0850. The zero-order chi connectivity index (χ0) is 7.68. The first-order chi connectivity index (χ1) is 5.42. The van der Waals surface area contributed by atoms with E-state index in [4.69, 9.17) is 4.74 Å². The molecule has 0 atom stereocenters. The van der Waals surface area contributed by atoms with Crippen LogP contribution in [0, 0.1) is 0 Å². The van der Waals surface area contributed by atoms with Gasteiger partial charge < -0.3 is 4.74 Å². The van der Waals surface area contributed by atoms with Gasteiger partial charge in [-0.15, -0.1) is 0 Å². The van der Waals surface area contributed by atoms with Crippen LogP contribution in [0.2, 0.25) is 0 Å². The van der Waals surface area contributed by atoms with Crippen LogP contribution in [0.3, 0.4) is 0 Å². The summed E-state index contributed by atoms with van der Waals surface area (Å²) in [5.74, 6) is 0.801. The van der Waals surface area contributed by atoms with Crippen molar-refractivity contribution in [3.05, 3.63) is 29.8 Å². The summed E-state index contributed by atoms with van der Waals surface area (Å²) in [6.45, 7) is 0. The maximum absolute atomic E-state index is 5.09. The highest BCUT2D eigenvalue weighted by atomic mass is 17.4. The van der Waals surface area contributed by atoms with E-state index in [0.717, 1.165) is 11.3 Å². The molecule has 0 N–H and O–H groups in total. The van der Waals surface area contributed by atoms with Crippen LogP contribution >= 0.6 is 0 Å². The van der Waals surface area contributed by atoms with Crippen molar-refractivity contribution in [2.45, 2.75) is 6.29 Å². The Bertz CT molecular complexity index is 255. The van der Waals surface area contributed by atoms with E-state index >= 15 is 0 Å². The molecule has 1 fully saturated rings. The van der Waals surface area contributed by atoms with E-state index in [1.165, 1.54) is 0 Å². The van der Waals surface area contributed by atoms with E-state index in [0.29, 0.717) is 0 Å². The van der Waals surface area contributed by atoms with Gasteiger partial charge in [0.15, 0.2) is 0 Å². The van der Waals surface area contributed by atoms with Crippen molar-refractivity contribution < 1.29 is 14.5 Å². The molecule has 1 aliphatic heterocycles. The first-order valence-corrected chi connectivity index (χ1v) is 3.37. The molecule has 3 nitrogen and oxygen atoms in total. The standard InChI is InChI=1S/C8H8O3/c1-9-7-5-3-2-4-6(7)8-10-11-8/h2-5,8H,1H3. The SMILES string of the molecule is COc1ccccc1C1OO1. The molecule has 1 heterocycles. The van der Waals surface area contributed by atoms with Gasteiger partial charge in [-0.1, -0.05) is 12.1 Å². The third-order valence-corrected chi connectivity index (χ3v) is 1.59. The topological polar surface area (TPSA) is 34.3 Å². The molecule has 3 heteroatoms. The van der Waals surface area contributed by atoms with E-state index in [-0.39, 0.29) is 6.29 Å². The number of methoxy groups -OCH3 is 1. The highest BCUT2D eigenvalue weighted by Crippen LogP contribution is 2.37. The van der Waals surface area contributed by atoms with Gasteiger partial charge in [-0.25, -0.2) is 0 Å². The second-order valence-corrected chi connectivity index (χ2v) is 2.27. The highest BCUT2D eigenvalue weighted by molar-refractivity contribution is 5.34. The minimum absolute atomic E-state index is 0.217. The summed E-state index contributed by atoms with van der Waals surface area (Å²) in [5.41, 5.74) is 0.940. The summed E-state index contributed by atoms with van der Waals surface area (Å²) in [6.07, 6.45) is -0.217. The molecule has 11 heavy (non-hydrogen) atoms. The van der Waals surface area contributed by atoms with E-state index in [9.17, 15) is 0 Å². The first kappa shape index (κ1) is 6.64. The maximum Gasteiger partial charge on any atom is 0.253 e. The Hall–Kier alpha value is -1.06. The van der Waals surface area contributed by atoms with Crippen molar-refractivity contribution in [2.24, 2.45) is 0 Å². The number of benzene rings is 1. The third-order valence-electron chi connectivity index (χ3n) is 1.59. The average molecular weight is 152 g/mol. The Morgan fingerprint density at radius 2 is 2.00 bits per heavy atom. The highest BCUT2D eigenvalue weighted by Gasteiger charge is 2.30. The van der Waals surface area contributed by atoms with E-state index in [1.54, 1.807) is 7.11 Å². The molecular weight excluding hydrogens is 144 g/mol. The van der Waals surface area contributed by atoms with Gasteiger partial charge in [0.2, 0.25) is 0 Å². The van der Waals surface area contributed by atoms with Gasteiger partial charge in [-0.3, -0.25) is 0 Å². The molecular formula is C8H8O3. The third kappa shape index (κ3) is 1.20. The van der Waals surface area contributed by atoms with Crippen LogP contribution in [0.4, 0.5) is 0 Å². The normalized spacial score (nSPS) is 16.5. The van der Waals surface area contributed by atoms with Crippen LogP contribution < -0.4 is 4.74 Å². The molecule has 0 amide bonds. The summed E-state index contributed by atoms with van der Waals surface area (Å²) >= 11 is 0. The Balaban J connectivity index is 2.34. The van der Waals surface area contributed by atoms with E-state index in [1.807, 2.05) is 24.3 Å². The van der Waals surface area contributed by atoms with Crippen molar-refractivity contribution in [1.82, 2.24) is 0 Å². The molecule has 1 aromatic rings. The minimum Gasteiger partial charge on any atom is -0.496 e. The van der Waals surface area contributed by atoms with E-state index in [2.05, 4.69) is 9.78 Å². The molecule has 58 valence electrons. The van der Waals surface area contributed by atoms with Crippen molar-refractivity contribution in [3.8, 4) is 5.75 Å². The summed E-state index contributed by atoms with van der Waals surface area (Å²) in [6, 6.07) is 7.62. The molecule has 0 saturated carbocycles. The van der Waals surface area contributed by atoms with Crippen molar-refractivity contribution in [2.75, 3.05) is 7.11 Å². The Morgan fingerprint density at radius 1 is 1.27 bits per heavy atom. The fraction of sp³-hybridized carbons (Fsp3) is 0.250. The Kier molecular flexibility index (Phi) is 1.52. The average Bonchev–Trinajstić information content (AvgIpc) is 2.87. The molecule has 2 rings (SSSR count). The Labute approximate surface area is 64.4 Å². The maximum atomic E-state index is 5.09. The van der Waals surface area contributed by atoms with Gasteiger partial charge in [0.25, 0.3) is 6.29 Å². The largest absolute Gasteiger partial charge is 0.496 e. The lowest BCUT2D eigenvalue weighted by atomic mass is 10.2. The quantitative estimate of drug-likeness (QED) is 0.477. The van der Waals surface area contributed by atoms with Gasteiger partial charge in [0.1, 0.15) is 5.75 Å². The lowest BCUT2D eigenvalue weighted by Crippen LogP contribution is -1.88. The lowest BCUT2D eigenvalue weighted by Gasteiger charge is -2.01. The van der Waals surface area contributed by atoms with Crippen molar-refractivity contribution in [1.29, 1.82) is 0 Å². The van der Waals surface area contributed by atoms with Crippen LogP contribution in [0.25, 0.3) is 0 Å². The van der Waals surface area contributed by atoms with Gasteiger partial charge in [-0.2, -0.15) is 9.78 Å². The summed E-state index contributed by atoms with van der Waals surface area (Å²) in [7, 11) is 1.63. The Morgan fingerprint density at radius 3 is 2.64 bits per heavy atom. The van der Waals surface area contributed by atoms with Crippen LogP contribution in [0.5, 0.6) is 5.75 Å². The smallest absolute Gasteiger partial charge is 0.253 e. The second kappa shape index (κ2) is 2.53.